The second-order valence-corrected chi connectivity index (χ2v) is 6.76. The van der Waals surface area contributed by atoms with Crippen molar-refractivity contribution in [3.63, 3.8) is 0 Å². The van der Waals surface area contributed by atoms with Gasteiger partial charge in [0.25, 0.3) is 0 Å². The summed E-state index contributed by atoms with van der Waals surface area (Å²) >= 11 is 0. The van der Waals surface area contributed by atoms with E-state index in [1.807, 2.05) is 36.4 Å². The summed E-state index contributed by atoms with van der Waals surface area (Å²) in [4.78, 5) is 27.3. The zero-order chi connectivity index (χ0) is 14.4. The molecule has 0 unspecified atom stereocenters. The molecule has 4 heteroatoms. The average Bonchev–Trinajstić information content (AvgIpc) is 2.44. The highest BCUT2D eigenvalue weighted by Gasteiger charge is 2.29. The van der Waals surface area contributed by atoms with Crippen molar-refractivity contribution in [2.24, 2.45) is 0 Å². The van der Waals surface area contributed by atoms with Crippen LogP contribution < -0.4 is 0 Å². The van der Waals surface area contributed by atoms with Gasteiger partial charge < -0.3 is 0 Å². The van der Waals surface area contributed by atoms with Crippen molar-refractivity contribution in [3.05, 3.63) is 71.8 Å². The number of rotatable bonds is 6. The Labute approximate surface area is 120 Å². The Morgan fingerprint density at radius 1 is 0.750 bits per heavy atom. The van der Waals surface area contributed by atoms with E-state index in [9.17, 15) is 0 Å². The first-order valence-corrected chi connectivity index (χ1v) is 8.56. The van der Waals surface area contributed by atoms with Crippen LogP contribution in [0.3, 0.4) is 0 Å². The van der Waals surface area contributed by atoms with Gasteiger partial charge in [0, 0.05) is 5.92 Å². The summed E-state index contributed by atoms with van der Waals surface area (Å²) in [5, 5.41) is 0. The summed E-state index contributed by atoms with van der Waals surface area (Å²) in [6.07, 6.45) is 1.41. The highest BCUT2D eigenvalue weighted by atomic mass is 31.2. The Bertz CT molecular complexity index is 469. The summed E-state index contributed by atoms with van der Waals surface area (Å²) in [6, 6.07) is 20.3. The Kier molecular flexibility index (Phi) is 5.27. The van der Waals surface area contributed by atoms with Gasteiger partial charge in [-0.1, -0.05) is 60.7 Å². The van der Waals surface area contributed by atoms with Crippen molar-refractivity contribution >= 4 is 7.94 Å². The molecule has 0 saturated heterocycles. The van der Waals surface area contributed by atoms with Crippen LogP contribution in [0.5, 0.6) is 0 Å². The van der Waals surface area contributed by atoms with Crippen molar-refractivity contribution in [1.82, 2.24) is 0 Å². The highest BCUT2D eigenvalue weighted by Crippen LogP contribution is 2.46. The molecule has 0 fully saturated rings. The second kappa shape index (κ2) is 6.96. The minimum atomic E-state index is -3.66. The van der Waals surface area contributed by atoms with Crippen LogP contribution in [-0.2, 0) is 0 Å². The zero-order valence-electron chi connectivity index (χ0n) is 11.3. The third kappa shape index (κ3) is 4.69. The summed E-state index contributed by atoms with van der Waals surface area (Å²) in [5.74, 6) is 0.212. The molecule has 2 aromatic carbocycles. The van der Waals surface area contributed by atoms with E-state index in [0.717, 1.165) is 6.42 Å². The van der Waals surface area contributed by atoms with E-state index >= 15 is 0 Å². The molecule has 2 rings (SSSR count). The van der Waals surface area contributed by atoms with Gasteiger partial charge in [-0.3, -0.25) is 0 Å². The molecule has 0 spiro atoms. The summed E-state index contributed by atoms with van der Waals surface area (Å²) in [7, 11) is -3.66. The molecule has 0 amide bonds. The monoisotopic (exact) mass is 291 g/mol. The lowest BCUT2D eigenvalue weighted by molar-refractivity contribution is 0.328. The zero-order valence-corrected chi connectivity index (χ0v) is 12.2. The van der Waals surface area contributed by atoms with Gasteiger partial charge in [0.1, 0.15) is 6.16 Å². The van der Waals surface area contributed by atoms with E-state index in [-0.39, 0.29) is 12.1 Å². The number of hydrogen-bond acceptors (Lipinski definition) is 3. The maximum absolute atomic E-state index is 9.09. The molecule has 0 aliphatic carbocycles. The number of benzene rings is 2. The molecule has 0 radical (unpaired) electrons. The molecule has 3 nitrogen and oxygen atoms in total. The van der Waals surface area contributed by atoms with Gasteiger partial charge in [-0.05, 0) is 24.0 Å². The van der Waals surface area contributed by atoms with Crippen molar-refractivity contribution in [2.45, 2.75) is 18.8 Å². The van der Waals surface area contributed by atoms with Gasteiger partial charge in [-0.15, -0.1) is 0 Å². The van der Waals surface area contributed by atoms with E-state index < -0.39 is 7.94 Å². The Morgan fingerprint density at radius 3 is 1.60 bits per heavy atom. The van der Waals surface area contributed by atoms with Crippen LogP contribution in [-0.4, -0.2) is 20.8 Å². The first-order valence-electron chi connectivity index (χ1n) is 6.72. The van der Waals surface area contributed by atoms with Crippen molar-refractivity contribution in [3.8, 4) is 0 Å². The fraction of sp³-hybridized carbons (Fsp3) is 0.250. The van der Waals surface area contributed by atoms with Gasteiger partial charge in [0.2, 0.25) is 0 Å². The molecule has 0 aromatic heterocycles. The lowest BCUT2D eigenvalue weighted by atomic mass is 9.88. The second-order valence-electron chi connectivity index (χ2n) is 4.93. The normalized spacial score (nSPS) is 11.8. The summed E-state index contributed by atoms with van der Waals surface area (Å²) < 4.78 is 0. The third-order valence-electron chi connectivity index (χ3n) is 3.35. The molecule has 20 heavy (non-hydrogen) atoms. The summed E-state index contributed by atoms with van der Waals surface area (Å²) in [6.45, 7) is 0. The minimum absolute atomic E-state index is 0.0587. The molecular weight excluding hydrogens is 271 g/mol. The van der Waals surface area contributed by atoms with Gasteiger partial charge in [0.15, 0.2) is 0 Å². The molecule has 0 heterocycles. The average molecular weight is 291 g/mol. The lowest BCUT2D eigenvalue weighted by Crippen LogP contribution is -2.04. The highest BCUT2D eigenvalue weighted by molar-refractivity contribution is 7.58. The van der Waals surface area contributed by atoms with E-state index in [4.69, 9.17) is 14.7 Å². The minimum Gasteiger partial charge on any atom is -0.193 e. The fourth-order valence-electron chi connectivity index (χ4n) is 2.40. The van der Waals surface area contributed by atoms with Crippen LogP contribution in [0.1, 0.15) is 29.9 Å². The first-order chi connectivity index (χ1) is 9.56. The largest absolute Gasteiger partial charge is 0.403 e. The van der Waals surface area contributed by atoms with E-state index in [2.05, 4.69) is 24.3 Å². The molecular formula is C16H20O3P+. The molecule has 2 aromatic rings. The maximum Gasteiger partial charge on any atom is 0.403 e. The molecule has 0 atom stereocenters. The lowest BCUT2D eigenvalue weighted by Gasteiger charge is -2.18. The Morgan fingerprint density at radius 2 is 1.20 bits per heavy atom. The van der Waals surface area contributed by atoms with Crippen LogP contribution in [0.4, 0.5) is 0 Å². The Balaban J connectivity index is 2.13. The molecule has 3 N–H and O–H groups in total. The quantitative estimate of drug-likeness (QED) is 0.715. The van der Waals surface area contributed by atoms with E-state index in [0.29, 0.717) is 6.42 Å². The summed E-state index contributed by atoms with van der Waals surface area (Å²) in [5.41, 5.74) is 2.41. The smallest absolute Gasteiger partial charge is 0.193 e. The van der Waals surface area contributed by atoms with Gasteiger partial charge in [-0.2, -0.15) is 14.7 Å². The van der Waals surface area contributed by atoms with Crippen LogP contribution in [0.25, 0.3) is 0 Å². The molecule has 0 saturated carbocycles. The van der Waals surface area contributed by atoms with Crippen LogP contribution in [0.2, 0.25) is 0 Å². The first kappa shape index (κ1) is 15.1. The van der Waals surface area contributed by atoms with E-state index in [1.165, 1.54) is 11.1 Å². The van der Waals surface area contributed by atoms with Crippen LogP contribution >= 0.6 is 7.94 Å². The van der Waals surface area contributed by atoms with Gasteiger partial charge in [-0.25, -0.2) is 0 Å². The topological polar surface area (TPSA) is 60.7 Å². The SMILES string of the molecule is O[P+](O)(O)CCCC(c1ccccc1)c1ccccc1. The predicted octanol–water partition coefficient (Wildman–Crippen LogP) is 3.34. The molecule has 0 bridgehead atoms. The van der Waals surface area contributed by atoms with Crippen molar-refractivity contribution < 1.29 is 14.7 Å². The molecule has 106 valence electrons. The maximum atomic E-state index is 9.09. The Hall–Kier alpha value is -1.25. The van der Waals surface area contributed by atoms with Crippen LogP contribution in [0, 0.1) is 0 Å². The van der Waals surface area contributed by atoms with E-state index in [1.54, 1.807) is 0 Å². The van der Waals surface area contributed by atoms with Crippen LogP contribution in [0.15, 0.2) is 60.7 Å². The third-order valence-corrected chi connectivity index (χ3v) is 4.27. The number of hydrogen-bond donors (Lipinski definition) is 3. The molecule has 0 aliphatic rings. The fourth-order valence-corrected chi connectivity index (χ4v) is 3.01. The van der Waals surface area contributed by atoms with Crippen molar-refractivity contribution in [2.75, 3.05) is 6.16 Å². The van der Waals surface area contributed by atoms with Gasteiger partial charge in [0.05, 0.1) is 0 Å². The molecule has 0 aliphatic heterocycles. The van der Waals surface area contributed by atoms with Crippen molar-refractivity contribution in [1.29, 1.82) is 0 Å². The predicted molar refractivity (Wildman–Crippen MR) is 82.4 cm³/mol. The standard InChI is InChI=1S/C16H20O3P/c17-20(18,19)13-7-12-16(14-8-3-1-4-9-14)15-10-5-2-6-11-15/h1-6,8-11,16-19H,7,12-13H2/q+1. The van der Waals surface area contributed by atoms with Gasteiger partial charge >= 0.3 is 7.94 Å².